The summed E-state index contributed by atoms with van der Waals surface area (Å²) in [4.78, 5) is 0. The van der Waals surface area contributed by atoms with Gasteiger partial charge in [-0.3, -0.25) is 0 Å². The summed E-state index contributed by atoms with van der Waals surface area (Å²) < 4.78 is 0. The molecule has 7 aromatic carbocycles. The summed E-state index contributed by atoms with van der Waals surface area (Å²) in [6.07, 6.45) is 12.9. The zero-order valence-corrected chi connectivity index (χ0v) is 33.8. The molecule has 0 radical (unpaired) electrons. The first kappa shape index (κ1) is 35.8. The van der Waals surface area contributed by atoms with E-state index in [4.69, 9.17) is 0 Å². The van der Waals surface area contributed by atoms with Crippen LogP contribution in [-0.4, -0.2) is 0 Å². The molecule has 0 unspecified atom stereocenters. The molecule has 0 saturated heterocycles. The number of hydrogen-bond acceptors (Lipinski definition) is 0. The van der Waals surface area contributed by atoms with E-state index in [0.717, 1.165) is 0 Å². The van der Waals surface area contributed by atoms with Crippen molar-refractivity contribution in [3.8, 4) is 22.3 Å². The summed E-state index contributed by atoms with van der Waals surface area (Å²) in [6, 6.07) is 38.8. The Bertz CT molecular complexity index is 2360. The Labute approximate surface area is 319 Å². The van der Waals surface area contributed by atoms with Gasteiger partial charge in [0.1, 0.15) is 0 Å². The molecule has 0 saturated carbocycles. The number of hydrogen-bond donors (Lipinski definition) is 0. The van der Waals surface area contributed by atoms with Crippen molar-refractivity contribution in [3.05, 3.63) is 119 Å². The van der Waals surface area contributed by atoms with Crippen LogP contribution in [0.5, 0.6) is 0 Å². The number of unbranched alkanes of at least 4 members (excludes halogenated alkanes) is 6. The van der Waals surface area contributed by atoms with Crippen LogP contribution in [0.15, 0.2) is 97.1 Å². The van der Waals surface area contributed by atoms with Crippen LogP contribution in [0.1, 0.15) is 142 Å². The molecule has 0 spiro atoms. The molecule has 0 aliphatic heterocycles. The maximum absolute atomic E-state index is 2.51. The molecule has 1 aliphatic rings. The zero-order chi connectivity index (χ0) is 37.1. The maximum atomic E-state index is 2.51. The van der Waals surface area contributed by atoms with E-state index in [2.05, 4.69) is 152 Å². The van der Waals surface area contributed by atoms with Gasteiger partial charge in [-0.2, -0.15) is 0 Å². The Morgan fingerprint density at radius 1 is 0.434 bits per heavy atom. The van der Waals surface area contributed by atoms with Gasteiger partial charge < -0.3 is 0 Å². The molecule has 0 aromatic heterocycles. The van der Waals surface area contributed by atoms with Crippen LogP contribution in [0.4, 0.5) is 0 Å². The third-order valence-corrected chi connectivity index (χ3v) is 12.9. The Morgan fingerprint density at radius 2 is 0.981 bits per heavy atom. The van der Waals surface area contributed by atoms with E-state index in [1.54, 1.807) is 11.1 Å². The lowest BCUT2D eigenvalue weighted by Gasteiger charge is -2.33. The van der Waals surface area contributed by atoms with Gasteiger partial charge in [-0.15, -0.1) is 0 Å². The molecule has 0 fully saturated rings. The summed E-state index contributed by atoms with van der Waals surface area (Å²) in [7, 11) is 0. The first-order chi connectivity index (χ1) is 25.5. The standard InChI is InChI=1S/C53H60/c1-9-11-13-17-29-53(30-18-14-12-10-2)46-25-16-15-21-43(46)50-40(24-20-26-47(50)53)38-27-28-42-45-34-37(52(6,7)8)32-35-31-36(51(3,4)5)33-44(48(35)45)41-23-19-22-39(38)49(41)42/h15-16,19-28,31-34H,9-14,17-18,29-30H2,1-8H3. The molecular formula is C53H60. The quantitative estimate of drug-likeness (QED) is 0.0717. The Morgan fingerprint density at radius 3 is 1.60 bits per heavy atom. The highest BCUT2D eigenvalue weighted by Crippen LogP contribution is 2.57. The van der Waals surface area contributed by atoms with E-state index in [0.29, 0.717) is 0 Å². The van der Waals surface area contributed by atoms with Crippen LogP contribution in [0.2, 0.25) is 0 Å². The van der Waals surface area contributed by atoms with E-state index in [-0.39, 0.29) is 16.2 Å². The van der Waals surface area contributed by atoms with E-state index in [1.807, 2.05) is 0 Å². The molecule has 7 aromatic rings. The number of fused-ring (bicyclic) bond motifs is 5. The topological polar surface area (TPSA) is 0 Å². The van der Waals surface area contributed by atoms with Gasteiger partial charge in [-0.1, -0.05) is 192 Å². The van der Waals surface area contributed by atoms with Gasteiger partial charge >= 0.3 is 0 Å². The highest BCUT2D eigenvalue weighted by atomic mass is 14.5. The third-order valence-electron chi connectivity index (χ3n) is 12.9. The number of benzene rings is 7. The summed E-state index contributed by atoms with van der Waals surface area (Å²) in [5.41, 5.74) is 11.8. The van der Waals surface area contributed by atoms with Crippen molar-refractivity contribution < 1.29 is 0 Å². The van der Waals surface area contributed by atoms with Gasteiger partial charge in [0.05, 0.1) is 0 Å². The molecule has 0 bridgehead atoms. The van der Waals surface area contributed by atoms with Crippen LogP contribution in [0, 0.1) is 0 Å². The second-order valence-corrected chi connectivity index (χ2v) is 18.5. The average Bonchev–Trinajstić information content (AvgIpc) is 3.42. The first-order valence-electron chi connectivity index (χ1n) is 20.9. The highest BCUT2D eigenvalue weighted by molar-refractivity contribution is 6.34. The van der Waals surface area contributed by atoms with Gasteiger partial charge in [-0.25, -0.2) is 0 Å². The zero-order valence-electron chi connectivity index (χ0n) is 33.8. The predicted molar refractivity (Wildman–Crippen MR) is 234 cm³/mol. The summed E-state index contributed by atoms with van der Waals surface area (Å²) >= 11 is 0. The predicted octanol–water partition coefficient (Wildman–Crippen LogP) is 16.2. The number of rotatable bonds is 11. The van der Waals surface area contributed by atoms with Crippen LogP contribution in [-0.2, 0) is 16.2 Å². The Balaban J connectivity index is 1.41. The molecule has 0 heterocycles. The van der Waals surface area contributed by atoms with E-state index < -0.39 is 0 Å². The van der Waals surface area contributed by atoms with Crippen molar-refractivity contribution >= 4 is 43.1 Å². The summed E-state index contributed by atoms with van der Waals surface area (Å²) in [6.45, 7) is 18.8. The molecule has 53 heavy (non-hydrogen) atoms. The van der Waals surface area contributed by atoms with E-state index >= 15 is 0 Å². The molecular weight excluding hydrogens is 637 g/mol. The van der Waals surface area contributed by atoms with Crippen LogP contribution >= 0.6 is 0 Å². The van der Waals surface area contributed by atoms with Gasteiger partial charge in [0, 0.05) is 5.41 Å². The average molecular weight is 697 g/mol. The highest BCUT2D eigenvalue weighted by Gasteiger charge is 2.43. The normalized spacial score (nSPS) is 14.2. The molecule has 0 N–H and O–H groups in total. The van der Waals surface area contributed by atoms with Crippen LogP contribution < -0.4 is 0 Å². The Hall–Kier alpha value is -4.16. The van der Waals surface area contributed by atoms with Gasteiger partial charge in [0.2, 0.25) is 0 Å². The minimum absolute atomic E-state index is 0.0518. The van der Waals surface area contributed by atoms with Crippen molar-refractivity contribution in [1.29, 1.82) is 0 Å². The minimum Gasteiger partial charge on any atom is -0.0654 e. The molecule has 0 heteroatoms. The lowest BCUT2D eigenvalue weighted by molar-refractivity contribution is 0.401. The van der Waals surface area contributed by atoms with E-state index in [1.165, 1.54) is 141 Å². The van der Waals surface area contributed by atoms with Crippen molar-refractivity contribution in [1.82, 2.24) is 0 Å². The molecule has 272 valence electrons. The fourth-order valence-corrected chi connectivity index (χ4v) is 10.00. The van der Waals surface area contributed by atoms with Crippen molar-refractivity contribution in [2.24, 2.45) is 0 Å². The fraction of sp³-hybridized carbons (Fsp3) is 0.396. The first-order valence-corrected chi connectivity index (χ1v) is 20.9. The molecule has 8 rings (SSSR count). The Kier molecular flexibility index (Phi) is 9.20. The smallest absolute Gasteiger partial charge is 0.0215 e. The molecule has 0 amide bonds. The monoisotopic (exact) mass is 696 g/mol. The maximum Gasteiger partial charge on any atom is 0.0215 e. The summed E-state index contributed by atoms with van der Waals surface area (Å²) in [5.74, 6) is 0. The lowest BCUT2D eigenvalue weighted by Crippen LogP contribution is -2.25. The van der Waals surface area contributed by atoms with Crippen molar-refractivity contribution in [2.75, 3.05) is 0 Å². The van der Waals surface area contributed by atoms with Crippen molar-refractivity contribution in [3.63, 3.8) is 0 Å². The fourth-order valence-electron chi connectivity index (χ4n) is 10.00. The summed E-state index contributed by atoms with van der Waals surface area (Å²) in [5, 5.41) is 11.1. The van der Waals surface area contributed by atoms with Gasteiger partial charge in [0.25, 0.3) is 0 Å². The second kappa shape index (κ2) is 13.6. The van der Waals surface area contributed by atoms with Crippen molar-refractivity contribution in [2.45, 2.75) is 136 Å². The van der Waals surface area contributed by atoms with Gasteiger partial charge in [-0.05, 0) is 123 Å². The van der Waals surface area contributed by atoms with E-state index in [9.17, 15) is 0 Å². The minimum atomic E-state index is 0.0518. The van der Waals surface area contributed by atoms with Crippen LogP contribution in [0.3, 0.4) is 0 Å². The SMILES string of the molecule is CCCCCCC1(CCCCCC)c2ccccc2-c2c(-c3ccc4c5cc(C(C)(C)C)cc6cc(C(C)(C)C)cc(c7cccc3c74)c65)cccc21. The third kappa shape index (κ3) is 5.96. The molecule has 0 atom stereocenters. The second-order valence-electron chi connectivity index (χ2n) is 18.5. The molecule has 1 aliphatic carbocycles. The lowest BCUT2D eigenvalue weighted by atomic mass is 9.70. The molecule has 0 nitrogen and oxygen atoms in total. The van der Waals surface area contributed by atoms with Gasteiger partial charge in [0.15, 0.2) is 0 Å². The van der Waals surface area contributed by atoms with Crippen LogP contribution in [0.25, 0.3) is 65.3 Å². The largest absolute Gasteiger partial charge is 0.0654 e.